The predicted molar refractivity (Wildman–Crippen MR) is 117 cm³/mol. The molecule has 1 amide bonds. The SMILES string of the molecule is O=C(Nc1ccc2oc(-c3cccc4c(Br)cccc34)nc2c1)c1cccnc1. The number of fused-ring (bicyclic) bond motifs is 2. The Morgan fingerprint density at radius 1 is 0.966 bits per heavy atom. The molecule has 0 atom stereocenters. The van der Waals surface area contributed by atoms with Crippen molar-refractivity contribution in [1.29, 1.82) is 0 Å². The Bertz CT molecular complexity index is 1360. The summed E-state index contributed by atoms with van der Waals surface area (Å²) in [6.07, 6.45) is 3.16. The molecule has 0 fully saturated rings. The van der Waals surface area contributed by atoms with E-state index in [-0.39, 0.29) is 5.91 Å². The van der Waals surface area contributed by atoms with Gasteiger partial charge in [-0.3, -0.25) is 9.78 Å². The van der Waals surface area contributed by atoms with Crippen LogP contribution >= 0.6 is 15.9 Å². The summed E-state index contributed by atoms with van der Waals surface area (Å²) < 4.78 is 7.02. The molecule has 0 bridgehead atoms. The number of hydrogen-bond donors (Lipinski definition) is 1. The molecule has 0 saturated carbocycles. The van der Waals surface area contributed by atoms with Crippen molar-refractivity contribution >= 4 is 49.4 Å². The molecule has 0 aliphatic carbocycles. The normalized spacial score (nSPS) is 11.1. The number of rotatable bonds is 3. The smallest absolute Gasteiger partial charge is 0.257 e. The number of aromatic nitrogens is 2. The number of halogens is 1. The van der Waals surface area contributed by atoms with Gasteiger partial charge in [-0.1, -0.05) is 40.2 Å². The molecule has 3 aromatic carbocycles. The van der Waals surface area contributed by atoms with E-state index in [1.54, 1.807) is 30.5 Å². The van der Waals surface area contributed by atoms with Gasteiger partial charge in [0.05, 0.1) is 5.56 Å². The van der Waals surface area contributed by atoms with Crippen LogP contribution in [-0.2, 0) is 0 Å². The largest absolute Gasteiger partial charge is 0.436 e. The highest BCUT2D eigenvalue weighted by molar-refractivity contribution is 9.10. The molecule has 0 spiro atoms. The zero-order valence-electron chi connectivity index (χ0n) is 15.1. The number of hydrogen-bond acceptors (Lipinski definition) is 4. The lowest BCUT2D eigenvalue weighted by molar-refractivity contribution is 0.102. The van der Waals surface area contributed by atoms with Crippen molar-refractivity contribution in [2.24, 2.45) is 0 Å². The lowest BCUT2D eigenvalue weighted by Gasteiger charge is -2.04. The van der Waals surface area contributed by atoms with Crippen molar-refractivity contribution in [2.45, 2.75) is 0 Å². The van der Waals surface area contributed by atoms with Gasteiger partial charge >= 0.3 is 0 Å². The van der Waals surface area contributed by atoms with Gasteiger partial charge in [-0.05, 0) is 53.2 Å². The molecule has 29 heavy (non-hydrogen) atoms. The van der Waals surface area contributed by atoms with E-state index in [2.05, 4.69) is 37.3 Å². The van der Waals surface area contributed by atoms with E-state index in [4.69, 9.17) is 4.42 Å². The van der Waals surface area contributed by atoms with E-state index in [0.717, 1.165) is 20.8 Å². The molecule has 0 unspecified atom stereocenters. The molecule has 2 heterocycles. The summed E-state index contributed by atoms with van der Waals surface area (Å²) in [6, 6.07) is 20.9. The van der Waals surface area contributed by atoms with Crippen LogP contribution in [0.15, 0.2) is 88.0 Å². The molecule has 0 radical (unpaired) electrons. The highest BCUT2D eigenvalue weighted by Crippen LogP contribution is 2.34. The molecular weight excluding hydrogens is 430 g/mol. The Hall–Kier alpha value is -3.51. The van der Waals surface area contributed by atoms with Crippen LogP contribution in [0.4, 0.5) is 5.69 Å². The predicted octanol–water partition coefficient (Wildman–Crippen LogP) is 6.06. The van der Waals surface area contributed by atoms with Gasteiger partial charge in [0.1, 0.15) is 5.52 Å². The number of oxazole rings is 1. The Labute approximate surface area is 174 Å². The van der Waals surface area contributed by atoms with Gasteiger partial charge in [0.25, 0.3) is 5.91 Å². The minimum absolute atomic E-state index is 0.222. The number of nitrogens with one attached hydrogen (secondary N) is 1. The van der Waals surface area contributed by atoms with E-state index < -0.39 is 0 Å². The maximum absolute atomic E-state index is 12.4. The first-order valence-corrected chi connectivity index (χ1v) is 9.78. The third-order valence-electron chi connectivity index (χ3n) is 4.67. The first-order valence-electron chi connectivity index (χ1n) is 8.99. The summed E-state index contributed by atoms with van der Waals surface area (Å²) in [7, 11) is 0. The molecule has 1 N–H and O–H groups in total. The van der Waals surface area contributed by atoms with E-state index in [1.807, 2.05) is 36.4 Å². The van der Waals surface area contributed by atoms with Gasteiger partial charge in [-0.15, -0.1) is 0 Å². The van der Waals surface area contributed by atoms with E-state index in [0.29, 0.717) is 28.2 Å². The first kappa shape index (κ1) is 17.6. The summed E-state index contributed by atoms with van der Waals surface area (Å²) in [5, 5.41) is 5.02. The van der Waals surface area contributed by atoms with Gasteiger partial charge in [-0.2, -0.15) is 0 Å². The highest BCUT2D eigenvalue weighted by atomic mass is 79.9. The molecule has 5 rings (SSSR count). The zero-order valence-corrected chi connectivity index (χ0v) is 16.7. The van der Waals surface area contributed by atoms with Crippen LogP contribution in [0.2, 0.25) is 0 Å². The third-order valence-corrected chi connectivity index (χ3v) is 5.36. The topological polar surface area (TPSA) is 68.0 Å². The maximum Gasteiger partial charge on any atom is 0.257 e. The van der Waals surface area contributed by atoms with Crippen LogP contribution in [0.5, 0.6) is 0 Å². The first-order chi connectivity index (χ1) is 14.2. The number of amides is 1. The van der Waals surface area contributed by atoms with Gasteiger partial charge in [0.2, 0.25) is 5.89 Å². The second-order valence-corrected chi connectivity index (χ2v) is 7.39. The van der Waals surface area contributed by atoms with E-state index >= 15 is 0 Å². The molecule has 0 saturated heterocycles. The number of benzene rings is 3. The second kappa shape index (κ2) is 7.14. The molecule has 140 valence electrons. The average Bonchev–Trinajstić information content (AvgIpc) is 3.17. The van der Waals surface area contributed by atoms with Crippen molar-refractivity contribution in [3.63, 3.8) is 0 Å². The van der Waals surface area contributed by atoms with Crippen LogP contribution in [0, 0.1) is 0 Å². The van der Waals surface area contributed by atoms with Crippen LogP contribution in [0.3, 0.4) is 0 Å². The Kier molecular flexibility index (Phi) is 4.33. The molecule has 0 aliphatic rings. The lowest BCUT2D eigenvalue weighted by atomic mass is 10.0. The summed E-state index contributed by atoms with van der Waals surface area (Å²) >= 11 is 3.59. The average molecular weight is 444 g/mol. The van der Waals surface area contributed by atoms with Crippen molar-refractivity contribution in [2.75, 3.05) is 5.32 Å². The molecule has 6 heteroatoms. The summed E-state index contributed by atoms with van der Waals surface area (Å²) in [5.74, 6) is 0.319. The van der Waals surface area contributed by atoms with E-state index in [1.165, 1.54) is 6.20 Å². The van der Waals surface area contributed by atoms with Crippen molar-refractivity contribution in [3.8, 4) is 11.5 Å². The highest BCUT2D eigenvalue weighted by Gasteiger charge is 2.13. The Morgan fingerprint density at radius 3 is 2.69 bits per heavy atom. The van der Waals surface area contributed by atoms with Crippen molar-refractivity contribution in [1.82, 2.24) is 9.97 Å². The summed E-state index contributed by atoms with van der Waals surface area (Å²) in [6.45, 7) is 0. The fourth-order valence-corrected chi connectivity index (χ4v) is 3.78. The number of anilines is 1. The number of pyridine rings is 1. The molecule has 5 aromatic rings. The van der Waals surface area contributed by atoms with Gasteiger partial charge in [0.15, 0.2) is 5.58 Å². The number of carbonyl (C=O) groups is 1. The molecule has 2 aromatic heterocycles. The summed E-state index contributed by atoms with van der Waals surface area (Å²) in [4.78, 5) is 21.0. The minimum atomic E-state index is -0.222. The zero-order chi connectivity index (χ0) is 19.8. The van der Waals surface area contributed by atoms with Crippen LogP contribution in [-0.4, -0.2) is 15.9 Å². The lowest BCUT2D eigenvalue weighted by Crippen LogP contribution is -2.11. The standard InChI is InChI=1S/C23H14BrN3O2/c24-19-8-2-5-16-17(19)6-1-7-18(16)23-27-20-12-15(9-10-21(20)29-23)26-22(28)14-4-3-11-25-13-14/h1-13H,(H,26,28). The number of carbonyl (C=O) groups excluding carboxylic acids is 1. The Morgan fingerprint density at radius 2 is 1.83 bits per heavy atom. The quantitative estimate of drug-likeness (QED) is 0.368. The van der Waals surface area contributed by atoms with Crippen LogP contribution < -0.4 is 5.32 Å². The van der Waals surface area contributed by atoms with Crippen molar-refractivity contribution in [3.05, 3.63) is 89.2 Å². The van der Waals surface area contributed by atoms with Crippen LogP contribution in [0.1, 0.15) is 10.4 Å². The summed E-state index contributed by atoms with van der Waals surface area (Å²) in [5.41, 5.74) is 3.39. The van der Waals surface area contributed by atoms with Crippen LogP contribution in [0.25, 0.3) is 33.3 Å². The van der Waals surface area contributed by atoms with Crippen molar-refractivity contribution < 1.29 is 9.21 Å². The molecule has 5 nitrogen and oxygen atoms in total. The molecule has 0 aliphatic heterocycles. The number of nitrogens with zero attached hydrogens (tertiary/aromatic N) is 2. The second-order valence-electron chi connectivity index (χ2n) is 6.54. The van der Waals surface area contributed by atoms with Gasteiger partial charge < -0.3 is 9.73 Å². The fourth-order valence-electron chi connectivity index (χ4n) is 3.28. The molecular formula is C23H14BrN3O2. The van der Waals surface area contributed by atoms with E-state index in [9.17, 15) is 4.79 Å². The monoisotopic (exact) mass is 443 g/mol. The maximum atomic E-state index is 12.4. The van der Waals surface area contributed by atoms with Gasteiger partial charge in [0, 0.05) is 28.1 Å². The Balaban J connectivity index is 1.52. The van der Waals surface area contributed by atoms with Gasteiger partial charge in [-0.25, -0.2) is 4.98 Å². The third kappa shape index (κ3) is 3.28. The fraction of sp³-hybridized carbons (Fsp3) is 0. The minimum Gasteiger partial charge on any atom is -0.436 e.